The number of phenols is 1. The summed E-state index contributed by atoms with van der Waals surface area (Å²) in [5.41, 5.74) is 2.34. The summed E-state index contributed by atoms with van der Waals surface area (Å²) in [6.07, 6.45) is 1.37. The Bertz CT molecular complexity index is 879. The maximum Gasteiger partial charge on any atom is 0.407 e. The summed E-state index contributed by atoms with van der Waals surface area (Å²) in [7, 11) is 0. The lowest BCUT2D eigenvalue weighted by atomic mass is 9.88. The summed E-state index contributed by atoms with van der Waals surface area (Å²) in [5, 5.41) is 12.2. The molecule has 0 atom stereocenters. The third kappa shape index (κ3) is 5.99. The van der Waals surface area contributed by atoms with Crippen molar-refractivity contribution in [2.75, 3.05) is 13.1 Å². The predicted octanol–water partition coefficient (Wildman–Crippen LogP) is 4.44. The second-order valence-corrected chi connectivity index (χ2v) is 8.71. The number of hydrogen-bond donors (Lipinski definition) is 2. The van der Waals surface area contributed by atoms with Gasteiger partial charge in [0.2, 0.25) is 0 Å². The van der Waals surface area contributed by atoms with Gasteiger partial charge in [-0.2, -0.15) is 0 Å². The van der Waals surface area contributed by atoms with Gasteiger partial charge in [-0.05, 0) is 74.9 Å². The Labute approximate surface area is 177 Å². The summed E-state index contributed by atoms with van der Waals surface area (Å²) in [6.45, 7) is 7.33. The highest BCUT2D eigenvalue weighted by Gasteiger charge is 2.25. The molecule has 2 aromatic carbocycles. The van der Waals surface area contributed by atoms with Crippen molar-refractivity contribution in [1.82, 2.24) is 10.2 Å². The average molecular weight is 411 g/mol. The Hall–Kier alpha value is -3.02. The number of carbonyl (C=O) groups excluding carboxylic acids is 2. The third-order valence-electron chi connectivity index (χ3n) is 5.15. The molecular formula is C24H30N2O4. The molecule has 2 N–H and O–H groups in total. The summed E-state index contributed by atoms with van der Waals surface area (Å²) in [6, 6.07) is 14.6. The molecule has 3 rings (SSSR count). The van der Waals surface area contributed by atoms with Gasteiger partial charge < -0.3 is 20.1 Å². The van der Waals surface area contributed by atoms with E-state index in [1.165, 1.54) is 17.7 Å². The fraction of sp³-hybridized carbons (Fsp3) is 0.417. The SMILES string of the molecule is CC(C)(C)OC(=O)NCc1cccc(C2CCN(C(=O)c3ccc(O)cc3)CC2)c1. The summed E-state index contributed by atoms with van der Waals surface area (Å²) in [4.78, 5) is 26.4. The van der Waals surface area contributed by atoms with Crippen LogP contribution >= 0.6 is 0 Å². The zero-order chi connectivity index (χ0) is 21.7. The van der Waals surface area contributed by atoms with Crippen LogP contribution in [0.5, 0.6) is 5.75 Å². The molecule has 6 heteroatoms. The molecule has 160 valence electrons. The van der Waals surface area contributed by atoms with Crippen molar-refractivity contribution in [3.8, 4) is 5.75 Å². The van der Waals surface area contributed by atoms with E-state index in [2.05, 4.69) is 17.4 Å². The summed E-state index contributed by atoms with van der Waals surface area (Å²) in [5.74, 6) is 0.547. The van der Waals surface area contributed by atoms with Crippen LogP contribution in [0.4, 0.5) is 4.79 Å². The minimum atomic E-state index is -0.516. The molecule has 30 heavy (non-hydrogen) atoms. The van der Waals surface area contributed by atoms with Gasteiger partial charge in [0.15, 0.2) is 0 Å². The zero-order valence-corrected chi connectivity index (χ0v) is 17.9. The van der Waals surface area contributed by atoms with Crippen LogP contribution in [0.3, 0.4) is 0 Å². The number of nitrogens with zero attached hydrogens (tertiary/aromatic N) is 1. The number of benzene rings is 2. The number of amides is 2. The van der Waals surface area contributed by atoms with E-state index in [9.17, 15) is 14.7 Å². The van der Waals surface area contributed by atoms with Gasteiger partial charge >= 0.3 is 6.09 Å². The molecule has 6 nitrogen and oxygen atoms in total. The van der Waals surface area contributed by atoms with E-state index in [0.29, 0.717) is 31.1 Å². The van der Waals surface area contributed by atoms with Crippen molar-refractivity contribution in [3.63, 3.8) is 0 Å². The maximum absolute atomic E-state index is 12.6. The smallest absolute Gasteiger partial charge is 0.407 e. The van der Waals surface area contributed by atoms with E-state index >= 15 is 0 Å². The molecule has 2 amide bonds. The fourth-order valence-corrected chi connectivity index (χ4v) is 3.65. The van der Waals surface area contributed by atoms with Crippen LogP contribution < -0.4 is 5.32 Å². The number of likely N-dealkylation sites (tertiary alicyclic amines) is 1. The predicted molar refractivity (Wildman–Crippen MR) is 116 cm³/mol. The first-order valence-electron chi connectivity index (χ1n) is 10.4. The number of nitrogens with one attached hydrogen (secondary N) is 1. The van der Waals surface area contributed by atoms with Crippen LogP contribution in [-0.4, -0.2) is 40.7 Å². The Morgan fingerprint density at radius 1 is 1.10 bits per heavy atom. The standard InChI is InChI=1S/C24H30N2O4/c1-24(2,3)30-23(29)25-16-17-5-4-6-20(15-17)18-11-13-26(14-12-18)22(28)19-7-9-21(27)10-8-19/h4-10,15,18,27H,11-14,16H2,1-3H3,(H,25,29). The highest BCUT2D eigenvalue weighted by molar-refractivity contribution is 5.94. The first kappa shape index (κ1) is 21.7. The van der Waals surface area contributed by atoms with Crippen LogP contribution in [0.2, 0.25) is 0 Å². The first-order chi connectivity index (χ1) is 14.2. The number of phenolic OH excluding ortho intramolecular Hbond substituents is 1. The first-order valence-corrected chi connectivity index (χ1v) is 10.4. The molecule has 0 radical (unpaired) electrons. The molecule has 0 bridgehead atoms. The molecule has 0 unspecified atom stereocenters. The van der Waals surface area contributed by atoms with E-state index in [4.69, 9.17) is 4.74 Å². The molecule has 0 aromatic heterocycles. The second kappa shape index (κ2) is 9.20. The molecule has 2 aromatic rings. The lowest BCUT2D eigenvalue weighted by Crippen LogP contribution is -2.37. The normalized spacial score (nSPS) is 15.0. The van der Waals surface area contributed by atoms with Crippen LogP contribution in [-0.2, 0) is 11.3 Å². The fourth-order valence-electron chi connectivity index (χ4n) is 3.65. The van der Waals surface area contributed by atoms with Gasteiger partial charge in [-0.1, -0.05) is 24.3 Å². The van der Waals surface area contributed by atoms with E-state index in [1.54, 1.807) is 12.1 Å². The Morgan fingerprint density at radius 2 is 1.77 bits per heavy atom. The highest BCUT2D eigenvalue weighted by atomic mass is 16.6. The monoisotopic (exact) mass is 410 g/mol. The zero-order valence-electron chi connectivity index (χ0n) is 17.9. The second-order valence-electron chi connectivity index (χ2n) is 8.71. The Morgan fingerprint density at radius 3 is 2.40 bits per heavy atom. The van der Waals surface area contributed by atoms with E-state index < -0.39 is 11.7 Å². The molecule has 1 aliphatic heterocycles. The van der Waals surface area contributed by atoms with E-state index in [-0.39, 0.29) is 11.7 Å². The Balaban J connectivity index is 1.54. The van der Waals surface area contributed by atoms with Crippen molar-refractivity contribution < 1.29 is 19.4 Å². The van der Waals surface area contributed by atoms with Crippen LogP contribution in [0.1, 0.15) is 61.0 Å². The number of hydrogen-bond acceptors (Lipinski definition) is 4. The highest BCUT2D eigenvalue weighted by Crippen LogP contribution is 2.29. The lowest BCUT2D eigenvalue weighted by molar-refractivity contribution is 0.0523. The third-order valence-corrected chi connectivity index (χ3v) is 5.15. The van der Waals surface area contributed by atoms with Gasteiger partial charge in [0.25, 0.3) is 5.91 Å². The number of rotatable bonds is 4. The van der Waals surface area contributed by atoms with Gasteiger partial charge in [0, 0.05) is 25.2 Å². The number of carbonyl (C=O) groups is 2. The van der Waals surface area contributed by atoms with Crippen molar-refractivity contribution in [1.29, 1.82) is 0 Å². The summed E-state index contributed by atoms with van der Waals surface area (Å²) < 4.78 is 5.28. The number of alkyl carbamates (subject to hydrolysis) is 1. The quantitative estimate of drug-likeness (QED) is 0.781. The van der Waals surface area contributed by atoms with Crippen LogP contribution in [0, 0.1) is 0 Å². The van der Waals surface area contributed by atoms with Gasteiger partial charge in [-0.3, -0.25) is 4.79 Å². The lowest BCUT2D eigenvalue weighted by Gasteiger charge is -2.32. The largest absolute Gasteiger partial charge is 0.508 e. The van der Waals surface area contributed by atoms with Crippen LogP contribution in [0.15, 0.2) is 48.5 Å². The number of aromatic hydroxyl groups is 1. The molecule has 0 saturated carbocycles. The van der Waals surface area contributed by atoms with Crippen molar-refractivity contribution in [2.24, 2.45) is 0 Å². The van der Waals surface area contributed by atoms with E-state index in [1.807, 2.05) is 37.8 Å². The van der Waals surface area contributed by atoms with Crippen molar-refractivity contribution in [3.05, 3.63) is 65.2 Å². The number of ether oxygens (including phenoxy) is 1. The van der Waals surface area contributed by atoms with Crippen molar-refractivity contribution in [2.45, 2.75) is 51.7 Å². The molecule has 1 fully saturated rings. The van der Waals surface area contributed by atoms with Gasteiger partial charge in [0.1, 0.15) is 11.4 Å². The van der Waals surface area contributed by atoms with Gasteiger partial charge in [-0.15, -0.1) is 0 Å². The average Bonchev–Trinajstić information content (AvgIpc) is 2.71. The summed E-state index contributed by atoms with van der Waals surface area (Å²) >= 11 is 0. The molecule has 1 heterocycles. The van der Waals surface area contributed by atoms with Gasteiger partial charge in [0.05, 0.1) is 0 Å². The minimum absolute atomic E-state index is 0.00348. The maximum atomic E-state index is 12.6. The molecular weight excluding hydrogens is 380 g/mol. The molecule has 0 spiro atoms. The van der Waals surface area contributed by atoms with E-state index in [0.717, 1.165) is 18.4 Å². The van der Waals surface area contributed by atoms with Gasteiger partial charge in [-0.25, -0.2) is 4.79 Å². The van der Waals surface area contributed by atoms with Crippen LogP contribution in [0.25, 0.3) is 0 Å². The Kier molecular flexibility index (Phi) is 6.65. The minimum Gasteiger partial charge on any atom is -0.508 e. The molecule has 1 saturated heterocycles. The molecule has 0 aliphatic carbocycles. The molecule has 1 aliphatic rings. The number of piperidine rings is 1. The van der Waals surface area contributed by atoms with Crippen molar-refractivity contribution >= 4 is 12.0 Å². The topological polar surface area (TPSA) is 78.9 Å².